The molecule has 0 radical (unpaired) electrons. The molecule has 124 valence electrons. The number of imidazole rings is 1. The number of nitrogens with one attached hydrogen (secondary N) is 1. The van der Waals surface area contributed by atoms with E-state index in [1.165, 1.54) is 0 Å². The minimum absolute atomic E-state index is 0.0453. The van der Waals surface area contributed by atoms with Crippen LogP contribution in [0.1, 0.15) is 23.2 Å². The molecule has 0 fully saturated rings. The van der Waals surface area contributed by atoms with Crippen LogP contribution in [0.15, 0.2) is 43.0 Å². The van der Waals surface area contributed by atoms with Crippen LogP contribution in [0.3, 0.4) is 0 Å². The molecule has 1 amide bonds. The molecule has 5 nitrogen and oxygen atoms in total. The summed E-state index contributed by atoms with van der Waals surface area (Å²) in [6, 6.07) is 8.06. The third-order valence-corrected chi connectivity index (χ3v) is 4.30. The molecule has 0 unspecified atom stereocenters. The highest BCUT2D eigenvalue weighted by Crippen LogP contribution is 2.22. The van der Waals surface area contributed by atoms with E-state index in [0.717, 1.165) is 40.7 Å². The molecule has 0 atom stereocenters. The lowest BCUT2D eigenvalue weighted by molar-refractivity contribution is -0.120. The highest BCUT2D eigenvalue weighted by molar-refractivity contribution is 5.86. The van der Waals surface area contributed by atoms with Gasteiger partial charge >= 0.3 is 0 Å². The van der Waals surface area contributed by atoms with Gasteiger partial charge in [0.25, 0.3) is 0 Å². The van der Waals surface area contributed by atoms with Gasteiger partial charge in [-0.1, -0.05) is 18.2 Å². The van der Waals surface area contributed by atoms with Gasteiger partial charge in [-0.05, 0) is 37.5 Å². The fourth-order valence-corrected chi connectivity index (χ4v) is 2.96. The number of fused-ring (bicyclic) bond motifs is 1. The van der Waals surface area contributed by atoms with E-state index in [1.54, 1.807) is 12.5 Å². The highest BCUT2D eigenvalue weighted by atomic mass is 16.1. The summed E-state index contributed by atoms with van der Waals surface area (Å²) in [7, 11) is 0. The van der Waals surface area contributed by atoms with Gasteiger partial charge in [-0.3, -0.25) is 9.78 Å². The summed E-state index contributed by atoms with van der Waals surface area (Å²) in [5.74, 6) is 0.0453. The second kappa shape index (κ2) is 7.25. The Kier molecular flexibility index (Phi) is 4.89. The number of aromatic nitrogens is 3. The average molecular weight is 322 g/mol. The Bertz CT molecular complexity index is 840. The van der Waals surface area contributed by atoms with Crippen molar-refractivity contribution in [1.29, 1.82) is 0 Å². The normalized spacial score (nSPS) is 10.9. The van der Waals surface area contributed by atoms with Crippen LogP contribution >= 0.6 is 0 Å². The van der Waals surface area contributed by atoms with Gasteiger partial charge in [0.05, 0.1) is 18.3 Å². The summed E-state index contributed by atoms with van der Waals surface area (Å²) >= 11 is 0. The number of carbonyl (C=O) groups excluding carboxylic acids is 1. The van der Waals surface area contributed by atoms with Gasteiger partial charge in [0.1, 0.15) is 0 Å². The van der Waals surface area contributed by atoms with Gasteiger partial charge in [0.2, 0.25) is 5.91 Å². The zero-order valence-corrected chi connectivity index (χ0v) is 14.1. The first kappa shape index (κ1) is 16.2. The first-order valence-corrected chi connectivity index (χ1v) is 8.22. The van der Waals surface area contributed by atoms with E-state index in [9.17, 15) is 4.79 Å². The molecule has 0 saturated carbocycles. The molecular weight excluding hydrogens is 300 g/mol. The summed E-state index contributed by atoms with van der Waals surface area (Å²) in [5, 5.41) is 4.11. The fraction of sp³-hybridized carbons (Fsp3) is 0.316. The Morgan fingerprint density at radius 1 is 1.25 bits per heavy atom. The summed E-state index contributed by atoms with van der Waals surface area (Å²) in [6.07, 6.45) is 6.73. The van der Waals surface area contributed by atoms with Crippen molar-refractivity contribution in [3.05, 3.63) is 59.8 Å². The zero-order valence-electron chi connectivity index (χ0n) is 14.1. The molecule has 3 rings (SSSR count). The van der Waals surface area contributed by atoms with Crippen LogP contribution in [0.4, 0.5) is 0 Å². The van der Waals surface area contributed by atoms with Gasteiger partial charge < -0.3 is 9.88 Å². The highest BCUT2D eigenvalue weighted by Gasteiger charge is 2.12. The minimum Gasteiger partial charge on any atom is -0.356 e. The summed E-state index contributed by atoms with van der Waals surface area (Å²) in [5.41, 5.74) is 4.09. The third kappa shape index (κ3) is 3.62. The maximum Gasteiger partial charge on any atom is 0.224 e. The van der Waals surface area contributed by atoms with Gasteiger partial charge in [-0.2, -0.15) is 0 Å². The Morgan fingerprint density at radius 2 is 2.08 bits per heavy atom. The molecule has 0 aliphatic carbocycles. The molecule has 0 bridgehead atoms. The number of aryl methyl sites for hydroxylation is 3. The minimum atomic E-state index is 0.0453. The van der Waals surface area contributed by atoms with Crippen LogP contribution < -0.4 is 5.32 Å². The molecule has 1 aromatic carbocycles. The van der Waals surface area contributed by atoms with Crippen LogP contribution in [0.25, 0.3) is 10.9 Å². The maximum atomic E-state index is 12.3. The Hall–Kier alpha value is -2.69. The second-order valence-electron chi connectivity index (χ2n) is 6.00. The van der Waals surface area contributed by atoms with Crippen molar-refractivity contribution in [3.63, 3.8) is 0 Å². The van der Waals surface area contributed by atoms with E-state index in [-0.39, 0.29) is 5.91 Å². The lowest BCUT2D eigenvalue weighted by Crippen LogP contribution is -2.27. The Morgan fingerprint density at radius 3 is 2.88 bits per heavy atom. The molecule has 2 aromatic heterocycles. The molecule has 0 saturated heterocycles. The molecule has 0 aliphatic heterocycles. The van der Waals surface area contributed by atoms with Crippen LogP contribution in [0, 0.1) is 13.8 Å². The molecule has 1 N–H and O–H groups in total. The topological polar surface area (TPSA) is 59.8 Å². The van der Waals surface area contributed by atoms with Crippen molar-refractivity contribution in [1.82, 2.24) is 19.9 Å². The van der Waals surface area contributed by atoms with Crippen LogP contribution in [-0.4, -0.2) is 27.0 Å². The van der Waals surface area contributed by atoms with E-state index >= 15 is 0 Å². The molecule has 2 heterocycles. The number of amides is 1. The van der Waals surface area contributed by atoms with E-state index in [4.69, 9.17) is 0 Å². The number of hydrogen-bond acceptors (Lipinski definition) is 3. The largest absolute Gasteiger partial charge is 0.356 e. The monoisotopic (exact) mass is 322 g/mol. The summed E-state index contributed by atoms with van der Waals surface area (Å²) < 4.78 is 2.01. The smallest absolute Gasteiger partial charge is 0.224 e. The second-order valence-corrected chi connectivity index (χ2v) is 6.00. The van der Waals surface area contributed by atoms with Crippen molar-refractivity contribution in [2.24, 2.45) is 0 Å². The number of rotatable bonds is 6. The van der Waals surface area contributed by atoms with Gasteiger partial charge in [-0.15, -0.1) is 0 Å². The number of pyridine rings is 1. The Labute approximate surface area is 141 Å². The van der Waals surface area contributed by atoms with E-state index < -0.39 is 0 Å². The lowest BCUT2D eigenvalue weighted by Gasteiger charge is -2.12. The first-order chi connectivity index (χ1) is 11.6. The van der Waals surface area contributed by atoms with Gasteiger partial charge in [0, 0.05) is 36.6 Å². The Balaban J connectivity index is 1.60. The van der Waals surface area contributed by atoms with Crippen molar-refractivity contribution in [2.75, 3.05) is 6.54 Å². The fourth-order valence-electron chi connectivity index (χ4n) is 2.96. The average Bonchev–Trinajstić information content (AvgIpc) is 3.09. The molecule has 24 heavy (non-hydrogen) atoms. The number of carbonyl (C=O) groups is 1. The predicted molar refractivity (Wildman–Crippen MR) is 94.8 cm³/mol. The summed E-state index contributed by atoms with van der Waals surface area (Å²) in [4.78, 5) is 20.9. The molecular formula is C19H22N4O. The van der Waals surface area contributed by atoms with E-state index in [2.05, 4.69) is 28.3 Å². The van der Waals surface area contributed by atoms with Crippen molar-refractivity contribution in [2.45, 2.75) is 33.2 Å². The van der Waals surface area contributed by atoms with Crippen LogP contribution in [0.5, 0.6) is 0 Å². The van der Waals surface area contributed by atoms with Crippen molar-refractivity contribution < 1.29 is 4.79 Å². The van der Waals surface area contributed by atoms with E-state index in [0.29, 0.717) is 13.0 Å². The van der Waals surface area contributed by atoms with E-state index in [1.807, 2.05) is 35.9 Å². The van der Waals surface area contributed by atoms with Crippen LogP contribution in [0.2, 0.25) is 0 Å². The first-order valence-electron chi connectivity index (χ1n) is 8.22. The van der Waals surface area contributed by atoms with Gasteiger partial charge in [0.15, 0.2) is 0 Å². The molecule has 0 aliphatic rings. The van der Waals surface area contributed by atoms with Crippen molar-refractivity contribution >= 4 is 16.8 Å². The van der Waals surface area contributed by atoms with Crippen molar-refractivity contribution in [3.8, 4) is 0 Å². The summed E-state index contributed by atoms with van der Waals surface area (Å²) in [6.45, 7) is 5.56. The number of nitrogens with zero attached hydrogens (tertiary/aromatic N) is 3. The molecule has 0 spiro atoms. The molecule has 3 aromatic rings. The zero-order chi connectivity index (χ0) is 16.9. The number of benzene rings is 1. The SMILES string of the molecule is Cc1nc2ccccc2c(C)c1CC(=O)NCCCn1ccnc1. The quantitative estimate of drug-likeness (QED) is 0.710. The number of para-hydroxylation sites is 1. The standard InChI is InChI=1S/C19H22N4O/c1-14-16-6-3-4-7-18(16)22-15(2)17(14)12-19(24)21-8-5-10-23-11-9-20-13-23/h3-4,6-7,9,11,13H,5,8,10,12H2,1-2H3,(H,21,24). The van der Waals surface area contributed by atoms with Crippen LogP contribution in [-0.2, 0) is 17.8 Å². The predicted octanol–water partition coefficient (Wildman–Crippen LogP) is 2.80. The molecule has 5 heteroatoms. The lowest BCUT2D eigenvalue weighted by atomic mass is 9.99. The maximum absolute atomic E-state index is 12.3. The van der Waals surface area contributed by atoms with Gasteiger partial charge in [-0.25, -0.2) is 4.98 Å². The number of hydrogen-bond donors (Lipinski definition) is 1. The third-order valence-electron chi connectivity index (χ3n) is 4.30.